The second-order valence-electron chi connectivity index (χ2n) is 18.8. The first-order chi connectivity index (χ1) is 21.7. The van der Waals surface area contributed by atoms with E-state index in [1.807, 2.05) is 12.1 Å². The van der Waals surface area contributed by atoms with E-state index in [1.54, 1.807) is 0 Å². The van der Waals surface area contributed by atoms with Gasteiger partial charge >= 0.3 is 0 Å². The van der Waals surface area contributed by atoms with Crippen molar-refractivity contribution in [3.05, 3.63) is 70.8 Å². The number of rotatable bonds is 10. The quantitative estimate of drug-likeness (QED) is 0.250. The van der Waals surface area contributed by atoms with E-state index >= 15 is 0 Å². The van der Waals surface area contributed by atoms with Crippen molar-refractivity contribution in [3.8, 4) is 0 Å². The van der Waals surface area contributed by atoms with Gasteiger partial charge in [0.1, 0.15) is 12.2 Å². The SMILES string of the molecule is CC(C)(C)c1ccc(C(CO[Si](C)(C)C(C)(C)C)OC2CCCCO2)cc1.CC(C)(C)c1ccc(C(O)CO[Si](C)(C)C(C)(C)C)cc1. The van der Waals surface area contributed by atoms with Gasteiger partial charge in [-0.1, -0.05) is 132 Å². The summed E-state index contributed by atoms with van der Waals surface area (Å²) < 4.78 is 24.8. The minimum absolute atomic E-state index is 0.0868. The van der Waals surface area contributed by atoms with Gasteiger partial charge in [-0.3, -0.25) is 0 Å². The Labute approximate surface area is 297 Å². The fourth-order valence-corrected chi connectivity index (χ4v) is 6.73. The lowest BCUT2D eigenvalue weighted by molar-refractivity contribution is -0.195. The Morgan fingerprint density at radius 3 is 1.44 bits per heavy atom. The summed E-state index contributed by atoms with van der Waals surface area (Å²) in [7, 11) is -3.63. The highest BCUT2D eigenvalue weighted by atomic mass is 28.4. The predicted molar refractivity (Wildman–Crippen MR) is 209 cm³/mol. The minimum atomic E-state index is -1.83. The molecule has 274 valence electrons. The van der Waals surface area contributed by atoms with Crippen LogP contribution in [0.1, 0.15) is 137 Å². The minimum Gasteiger partial charge on any atom is -0.414 e. The topological polar surface area (TPSA) is 57.2 Å². The van der Waals surface area contributed by atoms with Crippen LogP contribution in [0.2, 0.25) is 36.3 Å². The van der Waals surface area contributed by atoms with E-state index in [2.05, 4.69) is 146 Å². The van der Waals surface area contributed by atoms with Crippen molar-refractivity contribution in [2.24, 2.45) is 0 Å². The summed E-state index contributed by atoms with van der Waals surface area (Å²) >= 11 is 0. The van der Waals surface area contributed by atoms with Crippen LogP contribution in [0.3, 0.4) is 0 Å². The Bertz CT molecular complexity index is 1220. The molecule has 3 unspecified atom stereocenters. The first kappa shape index (κ1) is 42.8. The van der Waals surface area contributed by atoms with Crippen molar-refractivity contribution in [2.75, 3.05) is 19.8 Å². The second kappa shape index (κ2) is 16.8. The zero-order valence-electron chi connectivity index (χ0n) is 33.7. The standard InChI is InChI=1S/C23H40O3Si.C18H32O2Si/c1-22(2,3)19-14-12-18(13-15-19)20(26-21-11-9-10-16-24-21)17-25-27(7,8)23(4,5)6;1-17(2,3)15-11-9-14(10-12-15)16(19)13-20-21(7,8)18(4,5)6/h12-15,20-21H,9-11,16-17H2,1-8H3;9-12,16,19H,13H2,1-8H3. The third kappa shape index (κ3) is 13.1. The highest BCUT2D eigenvalue weighted by Gasteiger charge is 2.39. The largest absolute Gasteiger partial charge is 0.414 e. The Morgan fingerprint density at radius 2 is 1.06 bits per heavy atom. The Morgan fingerprint density at radius 1 is 0.646 bits per heavy atom. The molecule has 1 heterocycles. The van der Waals surface area contributed by atoms with E-state index in [0.717, 1.165) is 25.0 Å². The molecule has 0 saturated carbocycles. The smallest absolute Gasteiger partial charge is 0.192 e. The zero-order valence-corrected chi connectivity index (χ0v) is 35.7. The van der Waals surface area contributed by atoms with E-state index in [9.17, 15) is 5.11 Å². The number of hydrogen-bond acceptors (Lipinski definition) is 5. The van der Waals surface area contributed by atoms with Gasteiger partial charge in [-0.2, -0.15) is 0 Å². The predicted octanol–water partition coefficient (Wildman–Crippen LogP) is 11.6. The van der Waals surface area contributed by atoms with Crippen molar-refractivity contribution in [3.63, 3.8) is 0 Å². The lowest BCUT2D eigenvalue weighted by atomic mass is 9.86. The number of benzene rings is 2. The van der Waals surface area contributed by atoms with Crippen molar-refractivity contribution in [1.82, 2.24) is 0 Å². The molecule has 0 radical (unpaired) electrons. The summed E-state index contributed by atoms with van der Waals surface area (Å²) in [4.78, 5) is 0. The molecule has 1 fully saturated rings. The van der Waals surface area contributed by atoms with E-state index in [4.69, 9.17) is 18.3 Å². The summed E-state index contributed by atoms with van der Waals surface area (Å²) in [6.07, 6.45) is 2.52. The van der Waals surface area contributed by atoms with Crippen LogP contribution in [-0.4, -0.2) is 47.9 Å². The van der Waals surface area contributed by atoms with Gasteiger partial charge in [0, 0.05) is 6.61 Å². The first-order valence-electron chi connectivity index (χ1n) is 18.2. The maximum absolute atomic E-state index is 10.3. The molecular formula is C41H72O5Si2. The Kier molecular flexibility index (Phi) is 15.0. The molecule has 48 heavy (non-hydrogen) atoms. The molecule has 1 aliphatic rings. The molecule has 0 bridgehead atoms. The third-order valence-electron chi connectivity index (χ3n) is 10.6. The van der Waals surface area contributed by atoms with Crippen molar-refractivity contribution >= 4 is 16.6 Å². The third-order valence-corrected chi connectivity index (χ3v) is 19.6. The van der Waals surface area contributed by atoms with E-state index in [-0.39, 0.29) is 33.3 Å². The van der Waals surface area contributed by atoms with E-state index in [1.165, 1.54) is 23.1 Å². The molecule has 0 amide bonds. The lowest BCUT2D eigenvalue weighted by Crippen LogP contribution is -2.42. The van der Waals surface area contributed by atoms with E-state index in [0.29, 0.717) is 13.2 Å². The lowest BCUT2D eigenvalue weighted by Gasteiger charge is -2.38. The Hall–Kier alpha value is -1.33. The average molecular weight is 701 g/mol. The van der Waals surface area contributed by atoms with Gasteiger partial charge in [-0.15, -0.1) is 0 Å². The molecule has 0 aliphatic carbocycles. The maximum atomic E-state index is 10.3. The molecule has 3 rings (SSSR count). The Balaban J connectivity index is 0.000000345. The number of hydrogen-bond donors (Lipinski definition) is 1. The van der Waals surface area contributed by atoms with Crippen LogP contribution in [0.5, 0.6) is 0 Å². The fourth-order valence-electron chi connectivity index (χ4n) is 4.72. The van der Waals surface area contributed by atoms with Crippen LogP contribution in [0.25, 0.3) is 0 Å². The summed E-state index contributed by atoms with van der Waals surface area (Å²) in [6.45, 7) is 37.5. The van der Waals surface area contributed by atoms with Gasteiger partial charge in [0.05, 0.1) is 13.2 Å². The van der Waals surface area contributed by atoms with Gasteiger partial charge in [0.15, 0.2) is 22.9 Å². The van der Waals surface area contributed by atoms with Crippen molar-refractivity contribution in [2.45, 2.75) is 168 Å². The van der Waals surface area contributed by atoms with Crippen LogP contribution < -0.4 is 0 Å². The number of aliphatic hydroxyl groups excluding tert-OH is 1. The van der Waals surface area contributed by atoms with Crippen LogP contribution in [-0.2, 0) is 29.2 Å². The fraction of sp³-hybridized carbons (Fsp3) is 0.707. The van der Waals surface area contributed by atoms with Crippen molar-refractivity contribution < 1.29 is 23.4 Å². The van der Waals surface area contributed by atoms with Crippen LogP contribution in [0.15, 0.2) is 48.5 Å². The van der Waals surface area contributed by atoms with Gasteiger partial charge in [-0.05, 0) is 88.6 Å². The van der Waals surface area contributed by atoms with Crippen LogP contribution in [0, 0.1) is 0 Å². The highest BCUT2D eigenvalue weighted by Crippen LogP contribution is 2.39. The maximum Gasteiger partial charge on any atom is 0.192 e. The molecular weight excluding hydrogens is 629 g/mol. The second-order valence-corrected chi connectivity index (χ2v) is 28.4. The summed E-state index contributed by atoms with van der Waals surface area (Å²) in [6, 6.07) is 17.1. The average Bonchev–Trinajstić information content (AvgIpc) is 2.97. The molecule has 1 N–H and O–H groups in total. The molecule has 1 saturated heterocycles. The summed E-state index contributed by atoms with van der Waals surface area (Å²) in [5.74, 6) is 0. The van der Waals surface area contributed by atoms with Gasteiger partial charge in [0.25, 0.3) is 0 Å². The molecule has 5 nitrogen and oxygen atoms in total. The van der Waals surface area contributed by atoms with Crippen molar-refractivity contribution in [1.29, 1.82) is 0 Å². The van der Waals surface area contributed by atoms with Crippen LogP contribution in [0.4, 0.5) is 0 Å². The van der Waals surface area contributed by atoms with Gasteiger partial charge < -0.3 is 23.4 Å². The summed E-state index contributed by atoms with van der Waals surface area (Å²) in [5, 5.41) is 10.7. The molecule has 0 spiro atoms. The normalized spacial score (nSPS) is 18.1. The monoisotopic (exact) mass is 700 g/mol. The van der Waals surface area contributed by atoms with Gasteiger partial charge in [0.2, 0.25) is 0 Å². The number of ether oxygens (including phenoxy) is 2. The first-order valence-corrected chi connectivity index (χ1v) is 24.0. The molecule has 0 aromatic heterocycles. The summed E-state index contributed by atoms with van der Waals surface area (Å²) in [5.41, 5.74) is 5.02. The van der Waals surface area contributed by atoms with E-state index < -0.39 is 22.7 Å². The van der Waals surface area contributed by atoms with Gasteiger partial charge in [-0.25, -0.2) is 0 Å². The molecule has 3 atom stereocenters. The molecule has 7 heteroatoms. The number of aliphatic hydroxyl groups is 1. The highest BCUT2D eigenvalue weighted by molar-refractivity contribution is 6.74. The molecule has 1 aliphatic heterocycles. The molecule has 2 aromatic rings. The van der Waals surface area contributed by atoms with Crippen LogP contribution >= 0.6 is 0 Å². The zero-order chi connectivity index (χ0) is 36.8. The molecule has 2 aromatic carbocycles.